The van der Waals surface area contributed by atoms with Crippen LogP contribution in [0.3, 0.4) is 0 Å². The molecule has 3 rings (SSSR count). The molecule has 0 amide bonds. The maximum atomic E-state index is 6.03. The molecular weight excluding hydrogens is 435 g/mol. The number of nitrogens with two attached hydrogens (primary N) is 1. The van der Waals surface area contributed by atoms with Gasteiger partial charge in [-0.1, -0.05) is 24.3 Å². The summed E-state index contributed by atoms with van der Waals surface area (Å²) in [5.74, 6) is 0.628. The van der Waals surface area contributed by atoms with E-state index in [1.54, 1.807) is 11.3 Å². The molecule has 1 saturated heterocycles. The summed E-state index contributed by atoms with van der Waals surface area (Å²) in [7, 11) is 0. The van der Waals surface area contributed by atoms with Crippen LogP contribution in [-0.4, -0.2) is 48.7 Å². The van der Waals surface area contributed by atoms with Crippen LogP contribution in [0.25, 0.3) is 11.3 Å². The second-order valence-electron chi connectivity index (χ2n) is 5.54. The number of hydrogen-bond donors (Lipinski definition) is 1. The van der Waals surface area contributed by atoms with E-state index in [0.29, 0.717) is 12.5 Å². The average molecular weight is 458 g/mol. The molecule has 24 heavy (non-hydrogen) atoms. The van der Waals surface area contributed by atoms with E-state index in [2.05, 4.69) is 44.5 Å². The highest BCUT2D eigenvalue weighted by molar-refractivity contribution is 14.0. The van der Waals surface area contributed by atoms with Crippen molar-refractivity contribution in [3.63, 3.8) is 0 Å². The van der Waals surface area contributed by atoms with Crippen LogP contribution in [0.15, 0.2) is 34.6 Å². The number of aryl methyl sites for hydroxylation is 1. The molecule has 0 atom stereocenters. The summed E-state index contributed by atoms with van der Waals surface area (Å²) in [5.41, 5.74) is 9.50. The van der Waals surface area contributed by atoms with Crippen LogP contribution in [0.5, 0.6) is 0 Å². The lowest BCUT2D eigenvalue weighted by Crippen LogP contribution is -2.44. The van der Waals surface area contributed by atoms with Crippen molar-refractivity contribution in [3.8, 4) is 11.3 Å². The number of rotatable bonds is 4. The molecule has 1 aliphatic heterocycles. The molecule has 1 aromatic heterocycles. The van der Waals surface area contributed by atoms with Gasteiger partial charge in [-0.05, 0) is 18.9 Å². The molecule has 0 unspecified atom stereocenters. The summed E-state index contributed by atoms with van der Waals surface area (Å²) < 4.78 is 5.32. The Balaban J connectivity index is 0.00000208. The molecule has 1 fully saturated rings. The highest BCUT2D eigenvalue weighted by Crippen LogP contribution is 2.21. The zero-order valence-electron chi connectivity index (χ0n) is 13.8. The molecule has 2 aromatic rings. The van der Waals surface area contributed by atoms with Gasteiger partial charge in [-0.3, -0.25) is 4.99 Å². The van der Waals surface area contributed by atoms with Crippen molar-refractivity contribution in [3.05, 3.63) is 40.2 Å². The Labute approximate surface area is 164 Å². The maximum absolute atomic E-state index is 6.03. The third-order valence-electron chi connectivity index (χ3n) is 3.88. The fraction of sp³-hybridized carbons (Fsp3) is 0.412. The lowest BCUT2D eigenvalue weighted by molar-refractivity contribution is 0.0674. The summed E-state index contributed by atoms with van der Waals surface area (Å²) >= 11 is 1.68. The minimum absolute atomic E-state index is 0. The monoisotopic (exact) mass is 458 g/mol. The quantitative estimate of drug-likeness (QED) is 0.435. The van der Waals surface area contributed by atoms with Gasteiger partial charge in [0.15, 0.2) is 5.96 Å². The van der Waals surface area contributed by atoms with Gasteiger partial charge in [0.1, 0.15) is 0 Å². The van der Waals surface area contributed by atoms with E-state index in [1.165, 1.54) is 5.56 Å². The van der Waals surface area contributed by atoms with Gasteiger partial charge in [-0.2, -0.15) is 0 Å². The maximum Gasteiger partial charge on any atom is 0.191 e. The van der Waals surface area contributed by atoms with Crippen molar-refractivity contribution in [1.29, 1.82) is 0 Å². The van der Waals surface area contributed by atoms with Crippen LogP contribution in [-0.2, 0) is 11.2 Å². The van der Waals surface area contributed by atoms with Crippen molar-refractivity contribution < 1.29 is 4.74 Å². The lowest BCUT2D eigenvalue weighted by atomic mass is 10.1. The first-order valence-corrected chi connectivity index (χ1v) is 8.74. The Hall–Kier alpha value is -1.19. The zero-order chi connectivity index (χ0) is 16.1. The highest BCUT2D eigenvalue weighted by atomic mass is 127. The largest absolute Gasteiger partial charge is 0.378 e. The average Bonchev–Trinajstić information content (AvgIpc) is 3.03. The minimum Gasteiger partial charge on any atom is -0.378 e. The molecule has 1 aliphatic rings. The van der Waals surface area contributed by atoms with Gasteiger partial charge in [-0.25, -0.2) is 4.98 Å². The van der Waals surface area contributed by atoms with Crippen molar-refractivity contribution in [2.45, 2.75) is 13.3 Å². The van der Waals surface area contributed by atoms with E-state index in [4.69, 9.17) is 10.5 Å². The Morgan fingerprint density at radius 1 is 1.29 bits per heavy atom. The van der Waals surface area contributed by atoms with Crippen molar-refractivity contribution >= 4 is 41.3 Å². The topological polar surface area (TPSA) is 63.7 Å². The van der Waals surface area contributed by atoms with Gasteiger partial charge < -0.3 is 15.4 Å². The van der Waals surface area contributed by atoms with Gasteiger partial charge in [0, 0.05) is 30.6 Å². The molecule has 2 N–H and O–H groups in total. The van der Waals surface area contributed by atoms with E-state index in [1.807, 2.05) is 6.92 Å². The fourth-order valence-electron chi connectivity index (χ4n) is 2.53. The number of halogens is 1. The number of hydrogen-bond acceptors (Lipinski definition) is 4. The smallest absolute Gasteiger partial charge is 0.191 e. The fourth-order valence-corrected chi connectivity index (χ4v) is 3.15. The van der Waals surface area contributed by atoms with Crippen LogP contribution in [0.1, 0.15) is 10.6 Å². The molecule has 0 spiro atoms. The number of thiazole rings is 1. The molecule has 0 aliphatic carbocycles. The number of ether oxygens (including phenoxy) is 1. The molecular formula is C17H23IN4OS. The third kappa shape index (κ3) is 5.15. The van der Waals surface area contributed by atoms with Crippen molar-refractivity contribution in [2.75, 3.05) is 32.8 Å². The molecule has 0 saturated carbocycles. The van der Waals surface area contributed by atoms with Gasteiger partial charge in [0.25, 0.3) is 0 Å². The van der Waals surface area contributed by atoms with Gasteiger partial charge >= 0.3 is 0 Å². The molecule has 0 radical (unpaired) electrons. The molecule has 0 bridgehead atoms. The third-order valence-corrected chi connectivity index (χ3v) is 4.65. The Kier molecular flexibility index (Phi) is 7.44. The Morgan fingerprint density at radius 3 is 2.62 bits per heavy atom. The summed E-state index contributed by atoms with van der Waals surface area (Å²) in [6.45, 7) is 5.85. The second kappa shape index (κ2) is 9.33. The number of morpholine rings is 1. The minimum atomic E-state index is 0. The number of aromatic nitrogens is 1. The van der Waals surface area contributed by atoms with E-state index in [0.717, 1.165) is 49.0 Å². The molecule has 1 aromatic carbocycles. The van der Waals surface area contributed by atoms with Crippen molar-refractivity contribution in [1.82, 2.24) is 9.88 Å². The van der Waals surface area contributed by atoms with Crippen LogP contribution in [0, 0.1) is 6.92 Å². The molecule has 130 valence electrons. The number of guanidine groups is 1. The number of aliphatic imine (C=N–C) groups is 1. The first-order valence-electron chi connectivity index (χ1n) is 7.86. The zero-order valence-corrected chi connectivity index (χ0v) is 16.9. The van der Waals surface area contributed by atoms with Crippen LogP contribution < -0.4 is 5.73 Å². The van der Waals surface area contributed by atoms with Gasteiger partial charge in [-0.15, -0.1) is 35.3 Å². The van der Waals surface area contributed by atoms with E-state index >= 15 is 0 Å². The number of benzene rings is 1. The highest BCUT2D eigenvalue weighted by Gasteiger charge is 2.11. The SMILES string of the molecule is Cc1nc(-c2ccc(CCN=C(N)N3CCOCC3)cc2)cs1.I. The Bertz CT molecular complexity index is 665. The summed E-state index contributed by atoms with van der Waals surface area (Å²) in [6.07, 6.45) is 0.890. The van der Waals surface area contributed by atoms with Gasteiger partial charge in [0.2, 0.25) is 0 Å². The van der Waals surface area contributed by atoms with Crippen LogP contribution in [0.4, 0.5) is 0 Å². The van der Waals surface area contributed by atoms with Crippen LogP contribution >= 0.6 is 35.3 Å². The number of nitrogens with zero attached hydrogens (tertiary/aromatic N) is 3. The summed E-state index contributed by atoms with van der Waals surface area (Å²) in [5, 5.41) is 3.19. The van der Waals surface area contributed by atoms with Crippen molar-refractivity contribution in [2.24, 2.45) is 10.7 Å². The predicted molar refractivity (Wildman–Crippen MR) is 110 cm³/mol. The van der Waals surface area contributed by atoms with E-state index < -0.39 is 0 Å². The molecule has 7 heteroatoms. The van der Waals surface area contributed by atoms with Gasteiger partial charge in [0.05, 0.1) is 23.9 Å². The normalized spacial score (nSPS) is 15.2. The lowest BCUT2D eigenvalue weighted by Gasteiger charge is -2.27. The van der Waals surface area contributed by atoms with E-state index in [-0.39, 0.29) is 24.0 Å². The predicted octanol–water partition coefficient (Wildman–Crippen LogP) is 2.93. The molecule has 5 nitrogen and oxygen atoms in total. The summed E-state index contributed by atoms with van der Waals surface area (Å²) in [6, 6.07) is 8.53. The molecule has 2 heterocycles. The van der Waals surface area contributed by atoms with Crippen LogP contribution in [0.2, 0.25) is 0 Å². The van der Waals surface area contributed by atoms with E-state index in [9.17, 15) is 0 Å². The first kappa shape index (κ1) is 19.1. The standard InChI is InChI=1S/C17H22N4OS.HI/c1-13-20-16(12-23-13)15-4-2-14(3-5-15)6-7-19-17(18)21-8-10-22-11-9-21;/h2-5,12H,6-11H2,1H3,(H2,18,19);1H. The Morgan fingerprint density at radius 2 is 2.00 bits per heavy atom. The summed E-state index contributed by atoms with van der Waals surface area (Å²) in [4.78, 5) is 11.1. The first-order chi connectivity index (χ1) is 11.2. The second-order valence-corrected chi connectivity index (χ2v) is 6.60.